The molecule has 0 bridgehead atoms. The Hall–Kier alpha value is -4.31. The average Bonchev–Trinajstić information content (AvgIpc) is 2.94. The number of halogens is 4. The molecule has 11 heteroatoms. The molecule has 1 aromatic heterocycles. The number of fused-ring (bicyclic) bond motifs is 1. The Morgan fingerprint density at radius 2 is 1.80 bits per heavy atom. The Labute approximate surface area is 233 Å². The summed E-state index contributed by atoms with van der Waals surface area (Å²) < 4.78 is 47.4. The number of benzene rings is 3. The molecule has 4 aromatic rings. The lowest BCUT2D eigenvalue weighted by molar-refractivity contribution is -0.274. The second kappa shape index (κ2) is 11.4. The van der Waals surface area contributed by atoms with Gasteiger partial charge in [0, 0.05) is 33.9 Å². The van der Waals surface area contributed by atoms with Crippen molar-refractivity contribution in [2.75, 3.05) is 17.2 Å². The maximum absolute atomic E-state index is 12.8. The topological polar surface area (TPSA) is 85.4 Å². The Morgan fingerprint density at radius 1 is 1.05 bits per heavy atom. The number of aromatic nitrogens is 2. The van der Waals surface area contributed by atoms with Crippen molar-refractivity contribution in [3.05, 3.63) is 89.0 Å². The molecule has 1 aliphatic rings. The molecule has 0 unspecified atom stereocenters. The van der Waals surface area contributed by atoms with E-state index in [1.54, 1.807) is 24.3 Å². The molecule has 206 valence electrons. The number of aryl methyl sites for hydroxylation is 1. The van der Waals surface area contributed by atoms with E-state index in [4.69, 9.17) is 16.3 Å². The number of anilines is 3. The number of nitrogens with one attached hydrogen (secondary N) is 2. The van der Waals surface area contributed by atoms with Crippen molar-refractivity contribution in [1.82, 2.24) is 9.97 Å². The molecule has 0 atom stereocenters. The Morgan fingerprint density at radius 3 is 2.50 bits per heavy atom. The predicted octanol–water partition coefficient (Wildman–Crippen LogP) is 7.41. The quantitative estimate of drug-likeness (QED) is 0.226. The largest absolute Gasteiger partial charge is 0.573 e. The van der Waals surface area contributed by atoms with E-state index < -0.39 is 6.36 Å². The van der Waals surface area contributed by atoms with Crippen LogP contribution in [0.5, 0.6) is 11.6 Å². The lowest BCUT2D eigenvalue weighted by Crippen LogP contribution is -2.17. The maximum atomic E-state index is 12.8. The molecule has 0 aliphatic carbocycles. The third-order valence-corrected chi connectivity index (χ3v) is 6.56. The first-order valence-electron chi connectivity index (χ1n) is 12.4. The van der Waals surface area contributed by atoms with E-state index >= 15 is 0 Å². The first-order chi connectivity index (χ1) is 19.2. The third kappa shape index (κ3) is 6.45. The van der Waals surface area contributed by atoms with Gasteiger partial charge in [-0.15, -0.1) is 24.8 Å². The second-order valence-corrected chi connectivity index (χ2v) is 9.41. The first kappa shape index (κ1) is 27.3. The molecule has 1 amide bonds. The highest BCUT2D eigenvalue weighted by Crippen LogP contribution is 2.35. The van der Waals surface area contributed by atoms with E-state index in [1.807, 2.05) is 25.1 Å². The Balaban J connectivity index is 1.35. The van der Waals surface area contributed by atoms with Crippen LogP contribution < -0.4 is 20.1 Å². The molecule has 40 heavy (non-hydrogen) atoms. The smallest absolute Gasteiger partial charge is 0.477 e. The van der Waals surface area contributed by atoms with Crippen LogP contribution in [0.2, 0.25) is 0 Å². The molecule has 7 nitrogen and oxygen atoms in total. The average molecular weight is 569 g/mol. The van der Waals surface area contributed by atoms with Gasteiger partial charge in [-0.25, -0.2) is 4.98 Å². The molecule has 2 heterocycles. The van der Waals surface area contributed by atoms with Gasteiger partial charge in [0.05, 0.1) is 12.3 Å². The minimum atomic E-state index is -4.77. The number of rotatable bonds is 7. The monoisotopic (exact) mass is 568 g/mol. The summed E-state index contributed by atoms with van der Waals surface area (Å²) in [5.74, 6) is 0.426. The lowest BCUT2D eigenvalue weighted by Gasteiger charge is -2.20. The number of hydrogen-bond acceptors (Lipinski definition) is 6. The fourth-order valence-electron chi connectivity index (χ4n) is 4.25. The summed E-state index contributed by atoms with van der Waals surface area (Å²) >= 11 is 5.92. The fraction of sp³-hybridized carbons (Fsp3) is 0.207. The van der Waals surface area contributed by atoms with Gasteiger partial charge in [0.15, 0.2) is 0 Å². The molecule has 0 saturated heterocycles. The molecule has 0 saturated carbocycles. The van der Waals surface area contributed by atoms with Crippen LogP contribution in [0.3, 0.4) is 0 Å². The molecule has 0 radical (unpaired) electrons. The number of nitrogens with zero attached hydrogens (tertiary/aromatic N) is 2. The van der Waals surface area contributed by atoms with Gasteiger partial charge in [-0.05, 0) is 85.5 Å². The van der Waals surface area contributed by atoms with Crippen molar-refractivity contribution in [3.63, 3.8) is 0 Å². The van der Waals surface area contributed by atoms with Crippen molar-refractivity contribution in [3.8, 4) is 22.9 Å². The Kier molecular flexibility index (Phi) is 7.79. The summed E-state index contributed by atoms with van der Waals surface area (Å²) in [6.07, 6.45) is -3.33. The highest BCUT2D eigenvalue weighted by atomic mass is 35.5. The van der Waals surface area contributed by atoms with Crippen molar-refractivity contribution < 1.29 is 27.4 Å². The highest BCUT2D eigenvalue weighted by Gasteiger charge is 2.31. The van der Waals surface area contributed by atoms with Crippen molar-refractivity contribution in [1.29, 1.82) is 0 Å². The zero-order valence-corrected chi connectivity index (χ0v) is 22.1. The highest BCUT2D eigenvalue weighted by molar-refractivity contribution is 6.17. The van der Waals surface area contributed by atoms with Gasteiger partial charge in [0.1, 0.15) is 5.75 Å². The van der Waals surface area contributed by atoms with Crippen molar-refractivity contribution >= 4 is 34.8 Å². The third-order valence-electron chi connectivity index (χ3n) is 6.25. The molecular formula is C29H24ClF3N4O3. The van der Waals surface area contributed by atoms with Gasteiger partial charge in [-0.1, -0.05) is 12.1 Å². The first-order valence-corrected chi connectivity index (χ1v) is 13.0. The van der Waals surface area contributed by atoms with E-state index in [0.717, 1.165) is 23.1 Å². The van der Waals surface area contributed by atoms with Crippen LogP contribution in [0.25, 0.3) is 11.3 Å². The SMILES string of the molecule is Cc1ccc(CCl)cc1NC(=O)c1ccc(Nc2nc3c(c(-c4ccc(OC(F)(F)F)cc4)n2)CCCO3)cc1. The summed E-state index contributed by atoms with van der Waals surface area (Å²) in [5.41, 5.74) is 5.54. The predicted molar refractivity (Wildman–Crippen MR) is 146 cm³/mol. The van der Waals surface area contributed by atoms with Crippen LogP contribution in [-0.4, -0.2) is 28.8 Å². The number of carbonyl (C=O) groups excluding carboxylic acids is 1. The van der Waals surface area contributed by atoms with Gasteiger partial charge >= 0.3 is 6.36 Å². The number of alkyl halides is 4. The number of amides is 1. The molecular weight excluding hydrogens is 545 g/mol. The van der Waals surface area contributed by atoms with Gasteiger partial charge < -0.3 is 20.1 Å². The number of carbonyl (C=O) groups is 1. The zero-order chi connectivity index (χ0) is 28.3. The zero-order valence-electron chi connectivity index (χ0n) is 21.3. The number of hydrogen-bond donors (Lipinski definition) is 2. The van der Waals surface area contributed by atoms with Crippen LogP contribution >= 0.6 is 11.6 Å². The van der Waals surface area contributed by atoms with E-state index in [2.05, 4.69) is 25.3 Å². The van der Waals surface area contributed by atoms with Crippen LogP contribution in [0.15, 0.2) is 66.7 Å². The minimum Gasteiger partial charge on any atom is -0.477 e. The van der Waals surface area contributed by atoms with Gasteiger partial charge in [0.2, 0.25) is 11.8 Å². The van der Waals surface area contributed by atoms with Crippen LogP contribution in [0.1, 0.15) is 33.5 Å². The summed E-state index contributed by atoms with van der Waals surface area (Å²) in [6, 6.07) is 18.0. The van der Waals surface area contributed by atoms with Gasteiger partial charge in [-0.2, -0.15) is 4.98 Å². The lowest BCUT2D eigenvalue weighted by atomic mass is 10.0. The van der Waals surface area contributed by atoms with E-state index in [9.17, 15) is 18.0 Å². The summed E-state index contributed by atoms with van der Waals surface area (Å²) in [5, 5.41) is 6.04. The standard InChI is InChI=1S/C29H24ClF3N4O3/c1-17-4-5-18(16-30)15-24(17)35-26(38)20-6-10-21(11-7-20)34-28-36-25(23-3-2-14-39-27(23)37-28)19-8-12-22(13-9-19)40-29(31,32)33/h4-13,15H,2-3,14,16H2,1H3,(H,35,38)(H,34,36,37). The summed E-state index contributed by atoms with van der Waals surface area (Å²) in [6.45, 7) is 2.40. The van der Waals surface area contributed by atoms with E-state index in [-0.39, 0.29) is 17.6 Å². The van der Waals surface area contributed by atoms with Crippen molar-refractivity contribution in [2.45, 2.75) is 32.0 Å². The van der Waals surface area contributed by atoms with Gasteiger partial charge in [-0.3, -0.25) is 4.79 Å². The normalized spacial score (nSPS) is 12.7. The van der Waals surface area contributed by atoms with E-state index in [0.29, 0.717) is 53.0 Å². The van der Waals surface area contributed by atoms with Gasteiger partial charge in [0.25, 0.3) is 5.91 Å². The summed E-state index contributed by atoms with van der Waals surface area (Å²) in [7, 11) is 0. The molecule has 3 aromatic carbocycles. The minimum absolute atomic E-state index is 0.247. The van der Waals surface area contributed by atoms with Crippen LogP contribution in [0, 0.1) is 6.92 Å². The summed E-state index contributed by atoms with van der Waals surface area (Å²) in [4.78, 5) is 22.0. The molecule has 0 fully saturated rings. The maximum Gasteiger partial charge on any atom is 0.573 e. The molecule has 2 N–H and O–H groups in total. The van der Waals surface area contributed by atoms with Crippen molar-refractivity contribution in [2.24, 2.45) is 0 Å². The second-order valence-electron chi connectivity index (χ2n) is 9.14. The van der Waals surface area contributed by atoms with Crippen LogP contribution in [0.4, 0.5) is 30.5 Å². The number of ether oxygens (including phenoxy) is 2. The molecule has 5 rings (SSSR count). The molecule has 1 aliphatic heterocycles. The fourth-order valence-corrected chi connectivity index (χ4v) is 4.42. The molecule has 0 spiro atoms. The van der Waals surface area contributed by atoms with Crippen LogP contribution in [-0.2, 0) is 12.3 Å². The van der Waals surface area contributed by atoms with E-state index in [1.165, 1.54) is 24.3 Å². The Bertz CT molecular complexity index is 1530.